The van der Waals surface area contributed by atoms with Crippen LogP contribution in [0.15, 0.2) is 16.6 Å². The van der Waals surface area contributed by atoms with E-state index in [9.17, 15) is 0 Å². The quantitative estimate of drug-likeness (QED) is 0.189. The molecule has 25 heavy (non-hydrogen) atoms. The van der Waals surface area contributed by atoms with Crippen molar-refractivity contribution in [1.82, 2.24) is 15.5 Å². The molecular weight excluding hydrogens is 431 g/mol. The number of guanidine groups is 1. The van der Waals surface area contributed by atoms with Crippen LogP contribution in [0.4, 0.5) is 0 Å². The summed E-state index contributed by atoms with van der Waals surface area (Å²) in [6.45, 7) is 6.88. The van der Waals surface area contributed by atoms with E-state index < -0.39 is 0 Å². The Morgan fingerprint density at radius 2 is 2.20 bits per heavy atom. The van der Waals surface area contributed by atoms with Gasteiger partial charge in [-0.3, -0.25) is 4.99 Å². The number of likely N-dealkylation sites (tertiary alicyclic amines) is 1. The monoisotopic (exact) mass is 466 g/mol. The van der Waals surface area contributed by atoms with Gasteiger partial charge in [-0.05, 0) is 32.1 Å². The highest BCUT2D eigenvalue weighted by molar-refractivity contribution is 14.0. The molecule has 146 valence electrons. The van der Waals surface area contributed by atoms with Gasteiger partial charge in [0.05, 0.1) is 13.2 Å². The molecule has 2 N–H and O–H groups in total. The predicted octanol–water partition coefficient (Wildman–Crippen LogP) is 2.01. The van der Waals surface area contributed by atoms with Gasteiger partial charge in [0.1, 0.15) is 0 Å². The van der Waals surface area contributed by atoms with Crippen LogP contribution in [0.5, 0.6) is 0 Å². The number of nitrogens with one attached hydrogen (secondary N) is 2. The molecule has 0 saturated carbocycles. The fourth-order valence-corrected chi connectivity index (χ4v) is 3.26. The molecule has 1 saturated heterocycles. The summed E-state index contributed by atoms with van der Waals surface area (Å²) < 4.78 is 10.5. The van der Waals surface area contributed by atoms with Crippen molar-refractivity contribution >= 4 is 29.9 Å². The molecule has 2 rings (SSSR count). The van der Waals surface area contributed by atoms with Gasteiger partial charge in [0.15, 0.2) is 5.96 Å². The summed E-state index contributed by atoms with van der Waals surface area (Å²) in [5.74, 6) is 0.931. The van der Waals surface area contributed by atoms with E-state index in [0.29, 0.717) is 6.04 Å². The van der Waals surface area contributed by atoms with Crippen molar-refractivity contribution < 1.29 is 9.47 Å². The molecule has 0 aromatic carbocycles. The SMILES string of the molecule is CN=C(NCCC1=CCOCC1)NC1CCN(CCCOC)CC1.I. The van der Waals surface area contributed by atoms with E-state index in [1.54, 1.807) is 7.11 Å². The van der Waals surface area contributed by atoms with Crippen molar-refractivity contribution in [2.45, 2.75) is 38.1 Å². The predicted molar refractivity (Wildman–Crippen MR) is 114 cm³/mol. The van der Waals surface area contributed by atoms with Crippen LogP contribution >= 0.6 is 24.0 Å². The number of methoxy groups -OCH3 is 1. The average Bonchev–Trinajstić information content (AvgIpc) is 2.63. The fourth-order valence-electron chi connectivity index (χ4n) is 3.26. The fraction of sp³-hybridized carbons (Fsp3) is 0.833. The summed E-state index contributed by atoms with van der Waals surface area (Å²) in [6.07, 6.45) is 7.82. The minimum atomic E-state index is 0. The maximum Gasteiger partial charge on any atom is 0.191 e. The molecule has 2 aliphatic rings. The number of piperidine rings is 1. The van der Waals surface area contributed by atoms with Crippen molar-refractivity contribution in [3.8, 4) is 0 Å². The molecule has 1 fully saturated rings. The molecule has 0 unspecified atom stereocenters. The van der Waals surface area contributed by atoms with Gasteiger partial charge < -0.3 is 25.0 Å². The lowest BCUT2D eigenvalue weighted by molar-refractivity contribution is 0.153. The number of aliphatic imine (C=N–C) groups is 1. The van der Waals surface area contributed by atoms with Crippen molar-refractivity contribution in [3.63, 3.8) is 0 Å². The van der Waals surface area contributed by atoms with E-state index in [0.717, 1.165) is 71.2 Å². The van der Waals surface area contributed by atoms with Crippen molar-refractivity contribution in [1.29, 1.82) is 0 Å². The molecule has 0 radical (unpaired) electrons. The van der Waals surface area contributed by atoms with E-state index in [4.69, 9.17) is 9.47 Å². The third-order valence-corrected chi connectivity index (χ3v) is 4.77. The normalized spacial score (nSPS) is 19.9. The number of nitrogens with zero attached hydrogens (tertiary/aromatic N) is 2. The molecule has 0 aromatic heterocycles. The average molecular weight is 466 g/mol. The first kappa shape index (κ1) is 22.7. The molecule has 0 atom stereocenters. The molecule has 6 nitrogen and oxygen atoms in total. The van der Waals surface area contributed by atoms with Gasteiger partial charge in [0, 0.05) is 53.0 Å². The van der Waals surface area contributed by atoms with Gasteiger partial charge in [0.25, 0.3) is 0 Å². The number of hydrogen-bond acceptors (Lipinski definition) is 4. The molecule has 0 bridgehead atoms. The zero-order valence-corrected chi connectivity index (χ0v) is 18.1. The Morgan fingerprint density at radius 3 is 2.84 bits per heavy atom. The number of halogens is 1. The molecule has 0 amide bonds. The zero-order chi connectivity index (χ0) is 17.0. The number of rotatable bonds is 8. The summed E-state index contributed by atoms with van der Waals surface area (Å²) in [5.41, 5.74) is 1.49. The van der Waals surface area contributed by atoms with Crippen molar-refractivity contribution in [2.75, 3.05) is 60.2 Å². The van der Waals surface area contributed by atoms with Crippen molar-refractivity contribution in [3.05, 3.63) is 11.6 Å². The Bertz CT molecular complexity index is 410. The van der Waals surface area contributed by atoms with Crippen LogP contribution in [0.25, 0.3) is 0 Å². The van der Waals surface area contributed by atoms with Gasteiger partial charge in [-0.25, -0.2) is 0 Å². The first-order valence-corrected chi connectivity index (χ1v) is 9.26. The van der Waals surface area contributed by atoms with E-state index in [1.807, 2.05) is 7.05 Å². The molecule has 0 aliphatic carbocycles. The summed E-state index contributed by atoms with van der Waals surface area (Å²) in [7, 11) is 3.62. The molecule has 0 spiro atoms. The first-order valence-electron chi connectivity index (χ1n) is 9.26. The smallest absolute Gasteiger partial charge is 0.191 e. The molecular formula is C18H35IN4O2. The highest BCUT2D eigenvalue weighted by Gasteiger charge is 2.19. The van der Waals surface area contributed by atoms with Gasteiger partial charge >= 0.3 is 0 Å². The van der Waals surface area contributed by atoms with Crippen LogP contribution in [0, 0.1) is 0 Å². The first-order chi connectivity index (χ1) is 11.8. The summed E-state index contributed by atoms with van der Waals surface area (Å²) in [6, 6.07) is 0.525. The summed E-state index contributed by atoms with van der Waals surface area (Å²) in [5, 5.41) is 7.02. The zero-order valence-electron chi connectivity index (χ0n) is 15.8. The Balaban J connectivity index is 0.00000312. The lowest BCUT2D eigenvalue weighted by Gasteiger charge is -2.33. The van der Waals surface area contributed by atoms with E-state index in [1.165, 1.54) is 18.4 Å². The van der Waals surface area contributed by atoms with Crippen LogP contribution in [-0.2, 0) is 9.47 Å². The lowest BCUT2D eigenvalue weighted by Crippen LogP contribution is -2.49. The van der Waals surface area contributed by atoms with E-state index in [2.05, 4.69) is 26.6 Å². The van der Waals surface area contributed by atoms with E-state index >= 15 is 0 Å². The minimum Gasteiger partial charge on any atom is -0.385 e. The van der Waals surface area contributed by atoms with Crippen LogP contribution < -0.4 is 10.6 Å². The molecule has 7 heteroatoms. The second kappa shape index (κ2) is 13.8. The highest BCUT2D eigenvalue weighted by atomic mass is 127. The summed E-state index contributed by atoms with van der Waals surface area (Å²) >= 11 is 0. The molecule has 2 aliphatic heterocycles. The lowest BCUT2D eigenvalue weighted by atomic mass is 10.1. The van der Waals surface area contributed by atoms with Crippen LogP contribution in [0.2, 0.25) is 0 Å². The minimum absolute atomic E-state index is 0. The third-order valence-electron chi connectivity index (χ3n) is 4.77. The van der Waals surface area contributed by atoms with Crippen LogP contribution in [0.3, 0.4) is 0 Å². The van der Waals surface area contributed by atoms with Crippen LogP contribution in [0.1, 0.15) is 32.1 Å². The largest absolute Gasteiger partial charge is 0.385 e. The van der Waals surface area contributed by atoms with Gasteiger partial charge in [-0.2, -0.15) is 0 Å². The Kier molecular flexibility index (Phi) is 12.5. The van der Waals surface area contributed by atoms with Crippen LogP contribution in [-0.4, -0.2) is 77.1 Å². The van der Waals surface area contributed by atoms with Gasteiger partial charge in [0.2, 0.25) is 0 Å². The number of hydrogen-bond donors (Lipinski definition) is 2. The molecule has 0 aromatic rings. The second-order valence-electron chi connectivity index (χ2n) is 6.54. The Labute approximate surface area is 169 Å². The van der Waals surface area contributed by atoms with Crippen molar-refractivity contribution in [2.24, 2.45) is 4.99 Å². The highest BCUT2D eigenvalue weighted by Crippen LogP contribution is 2.12. The van der Waals surface area contributed by atoms with Gasteiger partial charge in [-0.15, -0.1) is 24.0 Å². The molecule has 2 heterocycles. The topological polar surface area (TPSA) is 58.1 Å². The standard InChI is InChI=1S/C18H34N4O2.HI/c1-19-18(20-9-4-16-7-14-24-15-8-16)21-17-5-11-22(12-6-17)10-3-13-23-2;/h7,17H,3-6,8-15H2,1-2H3,(H2,19,20,21);1H. The summed E-state index contributed by atoms with van der Waals surface area (Å²) in [4.78, 5) is 6.90. The third kappa shape index (κ3) is 9.21. The second-order valence-corrected chi connectivity index (χ2v) is 6.54. The van der Waals surface area contributed by atoms with Gasteiger partial charge in [-0.1, -0.05) is 11.6 Å². The number of ether oxygens (including phenoxy) is 2. The Hall–Kier alpha value is -0.380. The van der Waals surface area contributed by atoms with E-state index in [-0.39, 0.29) is 24.0 Å². The Morgan fingerprint density at radius 1 is 1.40 bits per heavy atom. The maximum atomic E-state index is 5.34. The maximum absolute atomic E-state index is 5.34.